The average molecular weight is 246 g/mol. The van der Waals surface area contributed by atoms with Crippen molar-refractivity contribution in [2.45, 2.75) is 6.92 Å². The summed E-state index contributed by atoms with van der Waals surface area (Å²) in [7, 11) is 0. The van der Waals surface area contributed by atoms with Crippen LogP contribution in [0.1, 0.15) is 12.8 Å². The van der Waals surface area contributed by atoms with Gasteiger partial charge in [-0.05, 0) is 19.1 Å². The van der Waals surface area contributed by atoms with E-state index in [-0.39, 0.29) is 0 Å². The average Bonchev–Trinajstić information content (AvgIpc) is 2.94. The molecule has 2 aromatic rings. The summed E-state index contributed by atoms with van der Waals surface area (Å²) in [5.74, 6) is 1.86. The second-order valence-corrected chi connectivity index (χ2v) is 5.05. The molecule has 1 aromatic carbocycles. The molecule has 1 aliphatic rings. The topological polar surface area (TPSA) is 29.3 Å². The number of nitrogens with zero attached hydrogens (tertiary/aromatic N) is 2. The van der Waals surface area contributed by atoms with Crippen LogP contribution in [0, 0.1) is 0 Å². The van der Waals surface area contributed by atoms with Crippen LogP contribution in [0.15, 0.2) is 33.7 Å². The number of hydrogen-bond donors (Lipinski definition) is 0. The maximum absolute atomic E-state index is 5.70. The number of aromatic nitrogens is 1. The standard InChI is InChI=1S/C13H14N2OS/c1-2-15-7-8-17-13(15)9-12-14-10-5-3-4-6-11(10)16-12/h3-6,9H,2,7-8H2,1H3. The van der Waals surface area contributed by atoms with Gasteiger partial charge in [-0.1, -0.05) is 12.1 Å². The monoisotopic (exact) mass is 246 g/mol. The maximum atomic E-state index is 5.70. The van der Waals surface area contributed by atoms with Gasteiger partial charge < -0.3 is 9.32 Å². The summed E-state index contributed by atoms with van der Waals surface area (Å²) in [5, 5.41) is 1.26. The van der Waals surface area contributed by atoms with Crippen molar-refractivity contribution in [2.75, 3.05) is 18.8 Å². The Hall–Kier alpha value is -1.42. The van der Waals surface area contributed by atoms with Crippen LogP contribution >= 0.6 is 11.8 Å². The first-order valence-corrected chi connectivity index (χ1v) is 6.80. The molecule has 3 nitrogen and oxygen atoms in total. The zero-order valence-corrected chi connectivity index (χ0v) is 10.5. The third-order valence-corrected chi connectivity index (χ3v) is 3.92. The van der Waals surface area contributed by atoms with E-state index < -0.39 is 0 Å². The van der Waals surface area contributed by atoms with Crippen molar-refractivity contribution in [1.29, 1.82) is 0 Å². The van der Waals surface area contributed by atoms with Crippen LogP contribution < -0.4 is 0 Å². The molecule has 0 N–H and O–H groups in total. The quantitative estimate of drug-likeness (QED) is 0.813. The van der Waals surface area contributed by atoms with Crippen LogP contribution in [0.2, 0.25) is 0 Å². The number of rotatable bonds is 2. The van der Waals surface area contributed by atoms with Crippen molar-refractivity contribution in [3.8, 4) is 0 Å². The molecule has 0 aliphatic carbocycles. The van der Waals surface area contributed by atoms with E-state index in [1.807, 2.05) is 42.1 Å². The van der Waals surface area contributed by atoms with Crippen LogP contribution in [0.4, 0.5) is 0 Å². The van der Waals surface area contributed by atoms with Gasteiger partial charge in [0.1, 0.15) is 5.52 Å². The molecule has 0 atom stereocenters. The van der Waals surface area contributed by atoms with Crippen molar-refractivity contribution in [2.24, 2.45) is 0 Å². The fourth-order valence-corrected chi connectivity index (χ4v) is 3.07. The van der Waals surface area contributed by atoms with E-state index in [1.165, 1.54) is 5.03 Å². The molecule has 17 heavy (non-hydrogen) atoms. The number of para-hydroxylation sites is 2. The van der Waals surface area contributed by atoms with Crippen LogP contribution in [-0.2, 0) is 0 Å². The number of oxazole rings is 1. The highest BCUT2D eigenvalue weighted by molar-refractivity contribution is 8.03. The first-order valence-electron chi connectivity index (χ1n) is 5.82. The molecule has 4 heteroatoms. The third kappa shape index (κ3) is 2.05. The summed E-state index contributed by atoms with van der Waals surface area (Å²) in [5.41, 5.74) is 1.77. The van der Waals surface area contributed by atoms with Gasteiger partial charge in [0.05, 0.1) is 5.03 Å². The Morgan fingerprint density at radius 3 is 3.18 bits per heavy atom. The number of fused-ring (bicyclic) bond motifs is 1. The summed E-state index contributed by atoms with van der Waals surface area (Å²) >= 11 is 1.87. The second kappa shape index (κ2) is 4.45. The first kappa shape index (κ1) is 10.7. The zero-order valence-electron chi connectivity index (χ0n) is 9.72. The minimum atomic E-state index is 0.703. The fraction of sp³-hybridized carbons (Fsp3) is 0.308. The molecular formula is C13H14N2OS. The highest BCUT2D eigenvalue weighted by Crippen LogP contribution is 2.29. The van der Waals surface area contributed by atoms with E-state index in [0.29, 0.717) is 5.89 Å². The van der Waals surface area contributed by atoms with E-state index in [0.717, 1.165) is 29.9 Å². The number of thioether (sulfide) groups is 1. The third-order valence-electron chi connectivity index (χ3n) is 2.86. The Morgan fingerprint density at radius 2 is 2.35 bits per heavy atom. The molecule has 1 aliphatic heterocycles. The van der Waals surface area contributed by atoms with E-state index in [1.54, 1.807) is 0 Å². The molecule has 1 aromatic heterocycles. The van der Waals surface area contributed by atoms with Gasteiger partial charge in [0.15, 0.2) is 5.58 Å². The lowest BCUT2D eigenvalue weighted by Gasteiger charge is -2.14. The normalized spacial score (nSPS) is 18.4. The van der Waals surface area contributed by atoms with Crippen molar-refractivity contribution >= 4 is 28.9 Å². The molecule has 0 amide bonds. The molecule has 0 radical (unpaired) electrons. The summed E-state index contributed by atoms with van der Waals surface area (Å²) in [4.78, 5) is 6.81. The van der Waals surface area contributed by atoms with E-state index in [4.69, 9.17) is 4.42 Å². The van der Waals surface area contributed by atoms with Crippen molar-refractivity contribution in [3.05, 3.63) is 35.2 Å². The van der Waals surface area contributed by atoms with Crippen LogP contribution in [0.3, 0.4) is 0 Å². The Balaban J connectivity index is 1.96. The second-order valence-electron chi connectivity index (χ2n) is 3.93. The summed E-state index contributed by atoms with van der Waals surface area (Å²) in [6.07, 6.45) is 2.04. The minimum absolute atomic E-state index is 0.703. The highest BCUT2D eigenvalue weighted by atomic mass is 32.2. The maximum Gasteiger partial charge on any atom is 0.222 e. The lowest BCUT2D eigenvalue weighted by atomic mass is 10.3. The van der Waals surface area contributed by atoms with Gasteiger partial charge in [0, 0.05) is 24.9 Å². The van der Waals surface area contributed by atoms with Crippen molar-refractivity contribution in [1.82, 2.24) is 9.88 Å². The largest absolute Gasteiger partial charge is 0.437 e. The lowest BCUT2D eigenvalue weighted by Crippen LogP contribution is -2.16. The molecule has 0 spiro atoms. The van der Waals surface area contributed by atoms with Gasteiger partial charge in [-0.25, -0.2) is 4.98 Å². The highest BCUT2D eigenvalue weighted by Gasteiger charge is 2.16. The fourth-order valence-electron chi connectivity index (χ4n) is 1.97. The molecule has 1 saturated heterocycles. The number of benzene rings is 1. The SMILES string of the molecule is CCN1CCSC1=Cc1nc2ccccc2o1. The Labute approximate surface area is 105 Å². The molecule has 2 heterocycles. The van der Waals surface area contributed by atoms with Gasteiger partial charge in [-0.3, -0.25) is 0 Å². The predicted octanol–water partition coefficient (Wildman–Crippen LogP) is 3.19. The summed E-state index contributed by atoms with van der Waals surface area (Å²) in [6.45, 7) is 4.33. The molecule has 3 rings (SSSR count). The smallest absolute Gasteiger partial charge is 0.222 e. The first-order chi connectivity index (χ1) is 8.36. The predicted molar refractivity (Wildman–Crippen MR) is 71.7 cm³/mol. The Bertz CT molecular complexity index is 528. The summed E-state index contributed by atoms with van der Waals surface area (Å²) in [6, 6.07) is 7.86. The molecule has 1 fully saturated rings. The van der Waals surface area contributed by atoms with E-state index in [2.05, 4.69) is 16.8 Å². The van der Waals surface area contributed by atoms with Gasteiger partial charge in [0.2, 0.25) is 5.89 Å². The summed E-state index contributed by atoms with van der Waals surface area (Å²) < 4.78 is 5.70. The minimum Gasteiger partial charge on any atom is -0.437 e. The molecule has 0 unspecified atom stereocenters. The van der Waals surface area contributed by atoms with Crippen LogP contribution in [0.25, 0.3) is 17.2 Å². The van der Waals surface area contributed by atoms with Gasteiger partial charge >= 0.3 is 0 Å². The van der Waals surface area contributed by atoms with E-state index in [9.17, 15) is 0 Å². The zero-order chi connectivity index (χ0) is 11.7. The van der Waals surface area contributed by atoms with Crippen molar-refractivity contribution < 1.29 is 4.42 Å². The lowest BCUT2D eigenvalue weighted by molar-refractivity contribution is 0.427. The van der Waals surface area contributed by atoms with E-state index >= 15 is 0 Å². The van der Waals surface area contributed by atoms with Gasteiger partial charge in [-0.2, -0.15) is 0 Å². The Morgan fingerprint density at radius 1 is 1.47 bits per heavy atom. The van der Waals surface area contributed by atoms with Crippen molar-refractivity contribution in [3.63, 3.8) is 0 Å². The number of hydrogen-bond acceptors (Lipinski definition) is 4. The van der Waals surface area contributed by atoms with Gasteiger partial charge in [-0.15, -0.1) is 11.8 Å². The van der Waals surface area contributed by atoms with Gasteiger partial charge in [0.25, 0.3) is 0 Å². The molecule has 0 saturated carbocycles. The Kier molecular flexibility index (Phi) is 2.81. The van der Waals surface area contributed by atoms with Crippen LogP contribution in [0.5, 0.6) is 0 Å². The molecular weight excluding hydrogens is 232 g/mol. The molecule has 88 valence electrons. The molecule has 0 bridgehead atoms. The van der Waals surface area contributed by atoms with Crippen LogP contribution in [-0.4, -0.2) is 28.7 Å².